The molecule has 0 saturated heterocycles. The van der Waals surface area contributed by atoms with E-state index in [2.05, 4.69) is 5.32 Å². The van der Waals surface area contributed by atoms with Crippen LogP contribution in [0.5, 0.6) is 5.75 Å². The predicted molar refractivity (Wildman–Crippen MR) is 138 cm³/mol. The van der Waals surface area contributed by atoms with Crippen molar-refractivity contribution in [1.82, 2.24) is 9.88 Å². The molecule has 0 bridgehead atoms. The van der Waals surface area contributed by atoms with Crippen LogP contribution in [0.25, 0.3) is 27.7 Å². The smallest absolute Gasteiger partial charge is 0.406 e. The van der Waals surface area contributed by atoms with E-state index in [4.69, 9.17) is 4.74 Å². The fourth-order valence-corrected chi connectivity index (χ4v) is 5.29. The average molecular weight is 521 g/mol. The largest absolute Gasteiger partial charge is 0.507 e. The van der Waals surface area contributed by atoms with E-state index in [9.17, 15) is 28.6 Å². The van der Waals surface area contributed by atoms with E-state index in [1.807, 2.05) is 0 Å². The van der Waals surface area contributed by atoms with Crippen LogP contribution in [0.3, 0.4) is 0 Å². The van der Waals surface area contributed by atoms with Gasteiger partial charge in [-0.3, -0.25) is 0 Å². The third kappa shape index (κ3) is 4.13. The van der Waals surface area contributed by atoms with E-state index < -0.39 is 29.1 Å². The normalized spacial score (nSPS) is 14.2. The van der Waals surface area contributed by atoms with Gasteiger partial charge in [-0.25, -0.2) is 18.4 Å². The second-order valence-electron chi connectivity index (χ2n) is 9.65. The minimum atomic E-state index is -1.08. The number of amides is 1. The Bertz CT molecular complexity index is 1570. The molecule has 0 spiro atoms. The molecule has 0 unspecified atom stereocenters. The number of nitrogens with one attached hydrogen (secondary N) is 1. The second-order valence-corrected chi connectivity index (χ2v) is 9.65. The third-order valence-electron chi connectivity index (χ3n) is 7.33. The van der Waals surface area contributed by atoms with Crippen LogP contribution in [-0.2, 0) is 10.2 Å². The van der Waals surface area contributed by atoms with Gasteiger partial charge in [0, 0.05) is 35.5 Å². The number of aromatic nitrogens is 1. The summed E-state index contributed by atoms with van der Waals surface area (Å²) in [6.07, 6.45) is 1.53. The zero-order valence-electron chi connectivity index (χ0n) is 20.8. The highest BCUT2D eigenvalue weighted by atomic mass is 19.1. The summed E-state index contributed by atoms with van der Waals surface area (Å²) in [5, 5.41) is 23.2. The van der Waals surface area contributed by atoms with Crippen molar-refractivity contribution < 1.29 is 33.3 Å². The van der Waals surface area contributed by atoms with Gasteiger partial charge in [-0.1, -0.05) is 18.6 Å². The number of aromatic carboxylic acids is 1. The fourth-order valence-electron chi connectivity index (χ4n) is 5.29. The summed E-state index contributed by atoms with van der Waals surface area (Å²) < 4.78 is 36.3. The predicted octanol–water partition coefficient (Wildman–Crippen LogP) is 6.07. The first-order valence-electron chi connectivity index (χ1n) is 12.2. The first-order chi connectivity index (χ1) is 18.1. The average Bonchev–Trinajstić information content (AvgIpc) is 3.20. The molecule has 1 saturated carbocycles. The second kappa shape index (κ2) is 9.48. The van der Waals surface area contributed by atoms with Gasteiger partial charge in [-0.05, 0) is 67.3 Å². The van der Waals surface area contributed by atoms with Gasteiger partial charge in [0.2, 0.25) is 0 Å². The van der Waals surface area contributed by atoms with Crippen molar-refractivity contribution >= 4 is 23.0 Å². The van der Waals surface area contributed by atoms with Crippen LogP contribution >= 0.6 is 0 Å². The van der Waals surface area contributed by atoms with Crippen LogP contribution in [0.2, 0.25) is 0 Å². The minimum Gasteiger partial charge on any atom is -0.507 e. The van der Waals surface area contributed by atoms with Crippen molar-refractivity contribution in [1.29, 1.82) is 0 Å². The molecule has 0 aliphatic heterocycles. The van der Waals surface area contributed by atoms with E-state index in [0.29, 0.717) is 51.8 Å². The Hall–Kier alpha value is -4.40. The van der Waals surface area contributed by atoms with E-state index in [1.165, 1.54) is 31.3 Å². The number of ether oxygens (including phenoxy) is 1. The number of rotatable bonds is 6. The molecule has 4 aromatic rings. The number of alkyl carbamates (subject to hydrolysis) is 1. The number of carbonyl (C=O) groups is 2. The summed E-state index contributed by atoms with van der Waals surface area (Å²) in [5.41, 5.74) is 2.50. The molecule has 38 heavy (non-hydrogen) atoms. The number of carboxylic acid groups (broad SMARTS) is 1. The zero-order valence-corrected chi connectivity index (χ0v) is 20.8. The van der Waals surface area contributed by atoms with Gasteiger partial charge in [-0.2, -0.15) is 0 Å². The number of aryl methyl sites for hydroxylation is 1. The maximum absolute atomic E-state index is 14.7. The maximum Gasteiger partial charge on any atom is 0.406 e. The number of nitrogens with zero attached hydrogens (tertiary/aromatic N) is 1. The summed E-state index contributed by atoms with van der Waals surface area (Å²) in [5.74, 6) is -2.43. The lowest BCUT2D eigenvalue weighted by Crippen LogP contribution is -2.42. The Labute approximate surface area is 217 Å². The quantitative estimate of drug-likeness (QED) is 0.287. The molecule has 9 heteroatoms. The van der Waals surface area contributed by atoms with E-state index in [1.54, 1.807) is 35.8 Å². The molecule has 196 valence electrons. The Morgan fingerprint density at radius 1 is 1.08 bits per heavy atom. The summed E-state index contributed by atoms with van der Waals surface area (Å²) in [6.45, 7) is 1.65. The summed E-state index contributed by atoms with van der Waals surface area (Å²) in [7, 11) is 1.46. The molecule has 1 aliphatic carbocycles. The highest BCUT2D eigenvalue weighted by Gasteiger charge is 2.46. The van der Waals surface area contributed by atoms with Crippen LogP contribution < -0.4 is 5.32 Å². The molecule has 3 N–H and O–H groups in total. The number of carboxylic acids is 1. The van der Waals surface area contributed by atoms with Crippen molar-refractivity contribution in [2.24, 2.45) is 0 Å². The van der Waals surface area contributed by atoms with Gasteiger partial charge in [0.15, 0.2) is 0 Å². The molecule has 1 amide bonds. The summed E-state index contributed by atoms with van der Waals surface area (Å²) in [4.78, 5) is 23.6. The third-order valence-corrected chi connectivity index (χ3v) is 7.33. The number of halogens is 2. The van der Waals surface area contributed by atoms with E-state index in [-0.39, 0.29) is 17.9 Å². The Kier molecular flexibility index (Phi) is 6.30. The standard InChI is InChI=1S/C29H26F2N2O5/c1-16-12-20(8-9-21(16)31)33-22-13-19(30)14-23(34)25(22)24(17-4-6-18(7-5-17)27(35)36)26(33)29(10-3-11-29)15-38-28(37)32-2/h4-9,12-14,34H,3,10-11,15H2,1-2H3,(H,32,37)(H,35,36). The van der Waals surface area contributed by atoms with Crippen molar-refractivity contribution in [3.63, 3.8) is 0 Å². The molecular formula is C29H26F2N2O5. The van der Waals surface area contributed by atoms with E-state index >= 15 is 0 Å². The van der Waals surface area contributed by atoms with Crippen LogP contribution in [0.15, 0.2) is 54.6 Å². The van der Waals surface area contributed by atoms with Gasteiger partial charge in [-0.15, -0.1) is 0 Å². The number of aromatic hydroxyl groups is 1. The van der Waals surface area contributed by atoms with Crippen molar-refractivity contribution in [3.8, 4) is 22.6 Å². The molecule has 1 fully saturated rings. The van der Waals surface area contributed by atoms with Gasteiger partial charge in [0.1, 0.15) is 24.0 Å². The summed E-state index contributed by atoms with van der Waals surface area (Å²) in [6, 6.07) is 13.1. The molecule has 1 heterocycles. The van der Waals surface area contributed by atoms with Crippen molar-refractivity contribution in [3.05, 3.63) is 83.1 Å². The SMILES string of the molecule is CNC(=O)OCC1(c2c(-c3ccc(C(=O)O)cc3)c3c(O)cc(F)cc3n2-c2ccc(F)c(C)c2)CCC1. The molecule has 0 radical (unpaired) electrons. The van der Waals surface area contributed by atoms with Gasteiger partial charge < -0.3 is 24.8 Å². The lowest BCUT2D eigenvalue weighted by Gasteiger charge is -2.43. The molecule has 3 aromatic carbocycles. The van der Waals surface area contributed by atoms with Crippen LogP contribution in [0, 0.1) is 18.6 Å². The molecule has 0 atom stereocenters. The van der Waals surface area contributed by atoms with E-state index in [0.717, 1.165) is 12.5 Å². The number of phenolic OH excluding ortho intramolecular Hbond substituents is 1. The number of hydrogen-bond acceptors (Lipinski definition) is 4. The van der Waals surface area contributed by atoms with Crippen LogP contribution in [0.4, 0.5) is 13.6 Å². The number of carbonyl (C=O) groups excluding carboxylic acids is 1. The number of benzene rings is 3. The first kappa shape index (κ1) is 25.3. The van der Waals surface area contributed by atoms with Crippen molar-refractivity contribution in [2.75, 3.05) is 13.7 Å². The van der Waals surface area contributed by atoms with Gasteiger partial charge >= 0.3 is 12.1 Å². The molecular weight excluding hydrogens is 494 g/mol. The highest BCUT2D eigenvalue weighted by Crippen LogP contribution is 2.53. The molecule has 1 aliphatic rings. The highest BCUT2D eigenvalue weighted by molar-refractivity contribution is 6.04. The molecule has 7 nitrogen and oxygen atoms in total. The summed E-state index contributed by atoms with van der Waals surface area (Å²) >= 11 is 0. The minimum absolute atomic E-state index is 0.0205. The maximum atomic E-state index is 14.7. The lowest BCUT2D eigenvalue weighted by molar-refractivity contribution is 0.0696. The first-order valence-corrected chi connectivity index (χ1v) is 12.2. The zero-order chi connectivity index (χ0) is 27.2. The fraction of sp³-hybridized carbons (Fsp3) is 0.241. The van der Waals surface area contributed by atoms with Gasteiger partial charge in [0.25, 0.3) is 0 Å². The monoisotopic (exact) mass is 520 g/mol. The molecule has 1 aromatic heterocycles. The van der Waals surface area contributed by atoms with Crippen LogP contribution in [0.1, 0.15) is 40.9 Å². The Morgan fingerprint density at radius 3 is 2.37 bits per heavy atom. The van der Waals surface area contributed by atoms with Crippen LogP contribution in [-0.4, -0.2) is 40.5 Å². The van der Waals surface area contributed by atoms with Gasteiger partial charge in [0.05, 0.1) is 16.5 Å². The number of phenols is 1. The number of fused-ring (bicyclic) bond motifs is 1. The molecule has 5 rings (SSSR count). The number of hydrogen-bond donors (Lipinski definition) is 3. The topological polar surface area (TPSA) is 101 Å². The van der Waals surface area contributed by atoms with Crippen molar-refractivity contribution in [2.45, 2.75) is 31.6 Å². The Morgan fingerprint density at radius 2 is 1.79 bits per heavy atom. The Balaban J connectivity index is 1.89. The lowest BCUT2D eigenvalue weighted by atomic mass is 9.65.